The molecule has 20 heavy (non-hydrogen) atoms. The molecule has 0 spiro atoms. The number of rotatable bonds is 6. The Labute approximate surface area is 126 Å². The molecular formula is C17H36N2O. The van der Waals surface area contributed by atoms with E-state index >= 15 is 0 Å². The van der Waals surface area contributed by atoms with Gasteiger partial charge in [0.25, 0.3) is 0 Å². The monoisotopic (exact) mass is 284 g/mol. The van der Waals surface area contributed by atoms with Crippen molar-refractivity contribution in [3.8, 4) is 0 Å². The molecule has 0 aromatic rings. The van der Waals surface area contributed by atoms with Crippen LogP contribution in [-0.2, 0) is 0 Å². The zero-order valence-corrected chi connectivity index (χ0v) is 14.6. The maximum atomic E-state index is 10.3. The molecule has 0 radical (unpaired) electrons. The Morgan fingerprint density at radius 1 is 1.25 bits per heavy atom. The van der Waals surface area contributed by atoms with Gasteiger partial charge in [0.2, 0.25) is 0 Å². The number of aliphatic hydroxyl groups is 1. The quantitative estimate of drug-likeness (QED) is 0.787. The van der Waals surface area contributed by atoms with Crippen molar-refractivity contribution in [3.05, 3.63) is 0 Å². The molecule has 2 unspecified atom stereocenters. The molecule has 0 aromatic carbocycles. The fourth-order valence-electron chi connectivity index (χ4n) is 3.30. The second-order valence-electron chi connectivity index (χ2n) is 8.48. The Morgan fingerprint density at radius 3 is 2.40 bits per heavy atom. The summed E-state index contributed by atoms with van der Waals surface area (Å²) in [6.45, 7) is 17.4. The number of nitrogens with zero attached hydrogens (tertiary/aromatic N) is 1. The number of piperidine rings is 1. The molecule has 3 nitrogen and oxygen atoms in total. The fourth-order valence-corrected chi connectivity index (χ4v) is 3.30. The summed E-state index contributed by atoms with van der Waals surface area (Å²) in [7, 11) is 0. The molecule has 0 bridgehead atoms. The lowest BCUT2D eigenvalue weighted by molar-refractivity contribution is -0.0282. The van der Waals surface area contributed by atoms with Crippen LogP contribution in [0.4, 0.5) is 0 Å². The van der Waals surface area contributed by atoms with Crippen molar-refractivity contribution in [2.45, 2.75) is 78.4 Å². The minimum absolute atomic E-state index is 0.169. The van der Waals surface area contributed by atoms with Gasteiger partial charge in [-0.15, -0.1) is 0 Å². The summed E-state index contributed by atoms with van der Waals surface area (Å²) in [6.07, 6.45) is 4.50. The molecule has 2 N–H and O–H groups in total. The second kappa shape index (κ2) is 6.76. The van der Waals surface area contributed by atoms with Gasteiger partial charge in [-0.05, 0) is 58.9 Å². The van der Waals surface area contributed by atoms with E-state index in [1.807, 2.05) is 6.92 Å². The van der Waals surface area contributed by atoms with Crippen LogP contribution in [0.1, 0.15) is 67.2 Å². The van der Waals surface area contributed by atoms with Crippen LogP contribution in [0.3, 0.4) is 0 Å². The van der Waals surface area contributed by atoms with Gasteiger partial charge in [-0.3, -0.25) is 4.90 Å². The first kappa shape index (κ1) is 17.9. The third-order valence-electron chi connectivity index (χ3n) is 4.26. The van der Waals surface area contributed by atoms with E-state index in [-0.39, 0.29) is 11.0 Å². The molecule has 1 saturated heterocycles. The average molecular weight is 284 g/mol. The maximum Gasteiger partial charge on any atom is 0.0746 e. The van der Waals surface area contributed by atoms with Crippen molar-refractivity contribution in [2.24, 2.45) is 5.41 Å². The van der Waals surface area contributed by atoms with E-state index in [4.69, 9.17) is 0 Å². The Bertz CT molecular complexity index is 296. The zero-order chi connectivity index (χ0) is 15.4. The first-order valence-corrected chi connectivity index (χ1v) is 8.25. The van der Waals surface area contributed by atoms with Gasteiger partial charge in [0.15, 0.2) is 0 Å². The molecule has 1 fully saturated rings. The smallest absolute Gasteiger partial charge is 0.0746 e. The van der Waals surface area contributed by atoms with Crippen molar-refractivity contribution in [2.75, 3.05) is 26.2 Å². The minimum atomic E-state index is -0.497. The fraction of sp³-hybridized carbons (Fsp3) is 1.00. The van der Waals surface area contributed by atoms with Crippen molar-refractivity contribution < 1.29 is 5.11 Å². The predicted octanol–water partition coefficient (Wildman–Crippen LogP) is 3.03. The Balaban J connectivity index is 2.60. The first-order chi connectivity index (χ1) is 9.05. The van der Waals surface area contributed by atoms with Gasteiger partial charge in [-0.25, -0.2) is 0 Å². The van der Waals surface area contributed by atoms with Crippen molar-refractivity contribution in [3.63, 3.8) is 0 Å². The molecule has 0 aromatic heterocycles. The second-order valence-corrected chi connectivity index (χ2v) is 8.48. The van der Waals surface area contributed by atoms with E-state index in [1.165, 1.54) is 12.8 Å². The molecule has 0 aliphatic carbocycles. The summed E-state index contributed by atoms with van der Waals surface area (Å²) in [4.78, 5) is 2.46. The average Bonchev–Trinajstić information content (AvgIpc) is 2.24. The van der Waals surface area contributed by atoms with Crippen LogP contribution < -0.4 is 5.32 Å². The standard InChI is InChI=1S/C17H36N2O/c1-7-9-16(5,12-18-15(2,3)4)13-19-11-8-10-17(6,20)14-19/h18,20H,7-14H2,1-6H3. The topological polar surface area (TPSA) is 35.5 Å². The van der Waals surface area contributed by atoms with E-state index in [9.17, 15) is 5.11 Å². The third kappa shape index (κ3) is 6.55. The molecule has 2 atom stereocenters. The van der Waals surface area contributed by atoms with Crippen LogP contribution in [0.2, 0.25) is 0 Å². The highest BCUT2D eigenvalue weighted by Crippen LogP contribution is 2.28. The van der Waals surface area contributed by atoms with E-state index in [0.717, 1.165) is 39.0 Å². The summed E-state index contributed by atoms with van der Waals surface area (Å²) in [5.74, 6) is 0. The van der Waals surface area contributed by atoms with Gasteiger partial charge in [0, 0.05) is 25.2 Å². The summed E-state index contributed by atoms with van der Waals surface area (Å²) < 4.78 is 0. The van der Waals surface area contributed by atoms with Crippen molar-refractivity contribution >= 4 is 0 Å². The molecule has 0 saturated carbocycles. The number of nitrogens with one attached hydrogen (secondary N) is 1. The van der Waals surface area contributed by atoms with E-state index in [0.29, 0.717) is 0 Å². The van der Waals surface area contributed by atoms with Crippen LogP contribution in [0.25, 0.3) is 0 Å². The van der Waals surface area contributed by atoms with Crippen LogP contribution in [0.15, 0.2) is 0 Å². The molecule has 0 amide bonds. The highest BCUT2D eigenvalue weighted by Gasteiger charge is 2.33. The third-order valence-corrected chi connectivity index (χ3v) is 4.26. The van der Waals surface area contributed by atoms with Gasteiger partial charge < -0.3 is 10.4 Å². The largest absolute Gasteiger partial charge is 0.389 e. The number of hydrogen-bond acceptors (Lipinski definition) is 3. The normalized spacial score (nSPS) is 28.4. The van der Waals surface area contributed by atoms with E-state index in [1.54, 1.807) is 0 Å². The lowest BCUT2D eigenvalue weighted by atomic mass is 9.82. The molecule has 3 heteroatoms. The van der Waals surface area contributed by atoms with E-state index in [2.05, 4.69) is 44.8 Å². The predicted molar refractivity (Wildman–Crippen MR) is 87.1 cm³/mol. The molecular weight excluding hydrogens is 248 g/mol. The first-order valence-electron chi connectivity index (χ1n) is 8.25. The van der Waals surface area contributed by atoms with Crippen LogP contribution >= 0.6 is 0 Å². The Kier molecular flexibility index (Phi) is 6.06. The maximum absolute atomic E-state index is 10.3. The SMILES string of the molecule is CCCC(C)(CNC(C)(C)C)CN1CCCC(C)(O)C1. The lowest BCUT2D eigenvalue weighted by Crippen LogP contribution is -2.52. The molecule has 1 aliphatic heterocycles. The van der Waals surface area contributed by atoms with Gasteiger partial charge in [-0.1, -0.05) is 20.3 Å². The summed E-state index contributed by atoms with van der Waals surface area (Å²) in [5.41, 5.74) is -0.0410. The van der Waals surface area contributed by atoms with Crippen LogP contribution in [0, 0.1) is 5.41 Å². The molecule has 1 heterocycles. The van der Waals surface area contributed by atoms with Crippen molar-refractivity contribution in [1.82, 2.24) is 10.2 Å². The van der Waals surface area contributed by atoms with Gasteiger partial charge >= 0.3 is 0 Å². The highest BCUT2D eigenvalue weighted by atomic mass is 16.3. The van der Waals surface area contributed by atoms with Gasteiger partial charge in [-0.2, -0.15) is 0 Å². The van der Waals surface area contributed by atoms with E-state index < -0.39 is 5.60 Å². The number of likely N-dealkylation sites (tertiary alicyclic amines) is 1. The van der Waals surface area contributed by atoms with Crippen LogP contribution in [0.5, 0.6) is 0 Å². The summed E-state index contributed by atoms with van der Waals surface area (Å²) in [6, 6.07) is 0. The molecule has 120 valence electrons. The number of β-amino-alcohol motifs (C(OH)–C–C–N with tert-alkyl or cyclic N) is 1. The summed E-state index contributed by atoms with van der Waals surface area (Å²) in [5, 5.41) is 13.9. The lowest BCUT2D eigenvalue weighted by Gasteiger charge is -2.43. The zero-order valence-electron chi connectivity index (χ0n) is 14.6. The minimum Gasteiger partial charge on any atom is -0.389 e. The highest BCUT2D eigenvalue weighted by molar-refractivity contribution is 4.89. The van der Waals surface area contributed by atoms with Crippen LogP contribution in [-0.4, -0.2) is 47.3 Å². The summed E-state index contributed by atoms with van der Waals surface area (Å²) >= 11 is 0. The Hall–Kier alpha value is -0.120. The molecule has 1 aliphatic rings. The number of hydrogen-bond donors (Lipinski definition) is 2. The van der Waals surface area contributed by atoms with Crippen molar-refractivity contribution in [1.29, 1.82) is 0 Å². The van der Waals surface area contributed by atoms with Gasteiger partial charge in [0.05, 0.1) is 5.60 Å². The Morgan fingerprint density at radius 2 is 1.90 bits per heavy atom. The molecule has 1 rings (SSSR count). The van der Waals surface area contributed by atoms with Gasteiger partial charge in [0.1, 0.15) is 0 Å².